The van der Waals surface area contributed by atoms with Gasteiger partial charge >= 0.3 is 0 Å². The van der Waals surface area contributed by atoms with Crippen molar-refractivity contribution in [2.24, 2.45) is 0 Å². The Hall–Kier alpha value is -2.95. The number of hydrogen-bond donors (Lipinski definition) is 3. The van der Waals surface area contributed by atoms with Gasteiger partial charge in [0.1, 0.15) is 5.75 Å². The molecule has 2 aromatic rings. The minimum absolute atomic E-state index is 0.0247. The minimum atomic E-state index is -0.519. The Balaban J connectivity index is 2.24. The van der Waals surface area contributed by atoms with E-state index in [-0.39, 0.29) is 17.1 Å². The summed E-state index contributed by atoms with van der Waals surface area (Å²) in [7, 11) is 1.35. The van der Waals surface area contributed by atoms with E-state index in [9.17, 15) is 15.0 Å². The zero-order chi connectivity index (χ0) is 15.4. The number of hydrogen-bond acceptors (Lipinski definition) is 5. The van der Waals surface area contributed by atoms with Gasteiger partial charge in [-0.2, -0.15) is 0 Å². The molecule has 108 valence electrons. The van der Waals surface area contributed by atoms with Crippen LogP contribution in [0.5, 0.6) is 23.0 Å². The molecule has 0 saturated heterocycles. The van der Waals surface area contributed by atoms with Gasteiger partial charge in [-0.15, -0.1) is 0 Å². The lowest BCUT2D eigenvalue weighted by Gasteiger charge is -2.07. The Kier molecular flexibility index (Phi) is 4.13. The first-order valence-corrected chi connectivity index (χ1v) is 6.13. The Morgan fingerprint density at radius 2 is 1.67 bits per heavy atom. The maximum Gasteiger partial charge on any atom is 0.201 e. The SMILES string of the molecule is COc1ccc(C(=O)C=Cc2ccc(O)cc2)c(O)c1O. The third kappa shape index (κ3) is 3.14. The van der Waals surface area contributed by atoms with Crippen LogP contribution in [0, 0.1) is 0 Å². The number of methoxy groups -OCH3 is 1. The first-order chi connectivity index (χ1) is 10.0. The lowest BCUT2D eigenvalue weighted by atomic mass is 10.1. The van der Waals surface area contributed by atoms with Gasteiger partial charge < -0.3 is 20.1 Å². The fourth-order valence-electron chi connectivity index (χ4n) is 1.77. The molecule has 0 aliphatic rings. The number of ketones is 1. The number of carbonyl (C=O) groups is 1. The van der Waals surface area contributed by atoms with Crippen LogP contribution in [0.3, 0.4) is 0 Å². The van der Waals surface area contributed by atoms with Crippen LogP contribution in [0.25, 0.3) is 6.08 Å². The van der Waals surface area contributed by atoms with Crippen molar-refractivity contribution in [1.29, 1.82) is 0 Å². The van der Waals surface area contributed by atoms with Gasteiger partial charge in [0.2, 0.25) is 5.75 Å². The number of phenols is 3. The van der Waals surface area contributed by atoms with Crippen LogP contribution in [0.1, 0.15) is 15.9 Å². The molecule has 0 amide bonds. The third-order valence-electron chi connectivity index (χ3n) is 2.92. The van der Waals surface area contributed by atoms with Gasteiger partial charge in [-0.05, 0) is 35.9 Å². The summed E-state index contributed by atoms with van der Waals surface area (Å²) in [6, 6.07) is 9.06. The summed E-state index contributed by atoms with van der Waals surface area (Å²) in [5.41, 5.74) is 0.696. The highest BCUT2D eigenvalue weighted by atomic mass is 16.5. The van der Waals surface area contributed by atoms with Crippen molar-refractivity contribution in [2.45, 2.75) is 0 Å². The molecule has 3 N–H and O–H groups in total. The highest BCUT2D eigenvalue weighted by molar-refractivity contribution is 6.09. The van der Waals surface area contributed by atoms with Crippen LogP contribution in [0.15, 0.2) is 42.5 Å². The van der Waals surface area contributed by atoms with Gasteiger partial charge in [0, 0.05) is 0 Å². The summed E-state index contributed by atoms with van der Waals surface area (Å²) in [6.45, 7) is 0. The summed E-state index contributed by atoms with van der Waals surface area (Å²) < 4.78 is 4.84. The van der Waals surface area contributed by atoms with Gasteiger partial charge in [0.25, 0.3) is 0 Å². The monoisotopic (exact) mass is 286 g/mol. The summed E-state index contributed by atoms with van der Waals surface area (Å²) in [4.78, 5) is 12.0. The molecule has 0 aliphatic heterocycles. The van der Waals surface area contributed by atoms with Crippen molar-refractivity contribution < 1.29 is 24.9 Å². The predicted molar refractivity (Wildman–Crippen MR) is 77.8 cm³/mol. The van der Waals surface area contributed by atoms with Gasteiger partial charge in [-0.1, -0.05) is 18.2 Å². The van der Waals surface area contributed by atoms with Crippen LogP contribution >= 0.6 is 0 Å². The van der Waals surface area contributed by atoms with Crippen LogP contribution in [0.2, 0.25) is 0 Å². The Labute approximate surface area is 121 Å². The van der Waals surface area contributed by atoms with Crippen LogP contribution < -0.4 is 4.74 Å². The average molecular weight is 286 g/mol. The molecule has 0 bridgehead atoms. The van der Waals surface area contributed by atoms with E-state index in [1.807, 2.05) is 0 Å². The molecule has 0 heterocycles. The Morgan fingerprint density at radius 1 is 1.00 bits per heavy atom. The van der Waals surface area contributed by atoms with E-state index >= 15 is 0 Å². The van der Waals surface area contributed by atoms with Gasteiger partial charge in [-0.25, -0.2) is 0 Å². The molecular formula is C16H14O5. The second kappa shape index (κ2) is 6.00. The molecule has 0 unspecified atom stereocenters. The number of ether oxygens (including phenoxy) is 1. The molecule has 0 spiro atoms. The lowest BCUT2D eigenvalue weighted by Crippen LogP contribution is -1.96. The van der Waals surface area contributed by atoms with E-state index < -0.39 is 17.3 Å². The number of allylic oxidation sites excluding steroid dienone is 1. The zero-order valence-corrected chi connectivity index (χ0v) is 11.3. The molecule has 2 rings (SSSR count). The van der Waals surface area contributed by atoms with E-state index in [0.717, 1.165) is 5.56 Å². The molecule has 0 fully saturated rings. The minimum Gasteiger partial charge on any atom is -0.508 e. The van der Waals surface area contributed by atoms with E-state index in [0.29, 0.717) is 0 Å². The van der Waals surface area contributed by atoms with E-state index in [4.69, 9.17) is 9.84 Å². The number of benzene rings is 2. The van der Waals surface area contributed by atoms with Crippen LogP contribution in [-0.4, -0.2) is 28.2 Å². The fourth-order valence-corrected chi connectivity index (χ4v) is 1.77. The maximum absolute atomic E-state index is 12.0. The Morgan fingerprint density at radius 3 is 2.29 bits per heavy atom. The van der Waals surface area contributed by atoms with Crippen molar-refractivity contribution in [3.8, 4) is 23.0 Å². The first-order valence-electron chi connectivity index (χ1n) is 6.13. The van der Waals surface area contributed by atoms with Gasteiger partial charge in [0.15, 0.2) is 17.3 Å². The molecule has 0 radical (unpaired) electrons. The highest BCUT2D eigenvalue weighted by Gasteiger charge is 2.15. The Bertz CT molecular complexity index is 687. The summed E-state index contributed by atoms with van der Waals surface area (Å²) in [5, 5.41) is 28.6. The molecule has 0 aromatic heterocycles. The number of phenolic OH excluding ortho intramolecular Hbond substituents is 3. The van der Waals surface area contributed by atoms with Crippen molar-refractivity contribution >= 4 is 11.9 Å². The normalized spacial score (nSPS) is 10.7. The smallest absolute Gasteiger partial charge is 0.201 e. The topological polar surface area (TPSA) is 87.0 Å². The summed E-state index contributed by atoms with van der Waals surface area (Å²) in [5.74, 6) is -1.22. The molecular weight excluding hydrogens is 272 g/mol. The molecule has 0 aliphatic carbocycles. The largest absolute Gasteiger partial charge is 0.508 e. The van der Waals surface area contributed by atoms with Crippen molar-refractivity contribution in [3.63, 3.8) is 0 Å². The van der Waals surface area contributed by atoms with E-state index in [2.05, 4.69) is 0 Å². The van der Waals surface area contributed by atoms with Crippen LogP contribution in [0.4, 0.5) is 0 Å². The summed E-state index contributed by atoms with van der Waals surface area (Å²) >= 11 is 0. The molecule has 0 atom stereocenters. The number of carbonyl (C=O) groups excluding carboxylic acids is 1. The molecule has 5 heteroatoms. The lowest BCUT2D eigenvalue weighted by molar-refractivity contribution is 0.104. The van der Waals surface area contributed by atoms with Gasteiger partial charge in [0.05, 0.1) is 12.7 Å². The quantitative estimate of drug-likeness (QED) is 0.457. The second-order valence-corrected chi connectivity index (χ2v) is 4.30. The number of rotatable bonds is 4. The predicted octanol–water partition coefficient (Wildman–Crippen LogP) is 2.71. The number of aromatic hydroxyl groups is 3. The molecule has 5 nitrogen and oxygen atoms in total. The van der Waals surface area contributed by atoms with Gasteiger partial charge in [-0.3, -0.25) is 4.79 Å². The third-order valence-corrected chi connectivity index (χ3v) is 2.92. The molecule has 21 heavy (non-hydrogen) atoms. The zero-order valence-electron chi connectivity index (χ0n) is 11.3. The average Bonchev–Trinajstić information content (AvgIpc) is 2.49. The fraction of sp³-hybridized carbons (Fsp3) is 0.0625. The van der Waals surface area contributed by atoms with Crippen molar-refractivity contribution in [1.82, 2.24) is 0 Å². The van der Waals surface area contributed by atoms with Crippen molar-refractivity contribution in [3.05, 3.63) is 53.6 Å². The van der Waals surface area contributed by atoms with E-state index in [1.165, 1.54) is 37.5 Å². The molecule has 2 aromatic carbocycles. The summed E-state index contributed by atoms with van der Waals surface area (Å²) in [6.07, 6.45) is 2.82. The first kappa shape index (κ1) is 14.5. The maximum atomic E-state index is 12.0. The molecule has 0 saturated carbocycles. The highest BCUT2D eigenvalue weighted by Crippen LogP contribution is 2.38. The van der Waals surface area contributed by atoms with Crippen LogP contribution in [-0.2, 0) is 0 Å². The van der Waals surface area contributed by atoms with Crippen molar-refractivity contribution in [2.75, 3.05) is 7.11 Å². The standard InChI is InChI=1S/C16H14O5/c1-21-14-9-7-12(15(19)16(14)20)13(18)8-4-10-2-5-11(17)6-3-10/h2-9,17,19-20H,1H3. The second-order valence-electron chi connectivity index (χ2n) is 4.30. The van der Waals surface area contributed by atoms with E-state index in [1.54, 1.807) is 18.2 Å².